The molecule has 25 heavy (non-hydrogen) atoms. The molecule has 7 nitrogen and oxygen atoms in total. The van der Waals surface area contributed by atoms with E-state index in [0.717, 1.165) is 38.5 Å². The Morgan fingerprint density at radius 3 is 2.12 bits per heavy atom. The average molecular weight is 352 g/mol. The lowest BCUT2D eigenvalue weighted by Gasteiger charge is -2.31. The van der Waals surface area contributed by atoms with Gasteiger partial charge in [0.1, 0.15) is 0 Å². The summed E-state index contributed by atoms with van der Waals surface area (Å²) in [6, 6.07) is 0.139. The maximum Gasteiger partial charge on any atom is 0.331 e. The number of amides is 2. The van der Waals surface area contributed by atoms with Crippen LogP contribution in [-0.2, 0) is 19.1 Å². The molecule has 140 valence electrons. The minimum absolute atomic E-state index is 0.0286. The Hall–Kier alpha value is -1.63. The summed E-state index contributed by atoms with van der Waals surface area (Å²) in [6.45, 7) is 0.382. The third kappa shape index (κ3) is 4.14. The first-order valence-corrected chi connectivity index (χ1v) is 9.44. The van der Waals surface area contributed by atoms with Crippen molar-refractivity contribution >= 4 is 17.8 Å². The molecular weight excluding hydrogens is 324 g/mol. The van der Waals surface area contributed by atoms with Gasteiger partial charge in [-0.2, -0.15) is 0 Å². The number of carboxylic acids is 1. The molecule has 0 aromatic rings. The fraction of sp³-hybridized carbons (Fsp3) is 0.833. The predicted octanol–water partition coefficient (Wildman–Crippen LogP) is 1.21. The quantitative estimate of drug-likeness (QED) is 0.690. The summed E-state index contributed by atoms with van der Waals surface area (Å²) in [6.07, 6.45) is 7.46. The maximum atomic E-state index is 12.5. The second kappa shape index (κ2) is 7.72. The Morgan fingerprint density at radius 2 is 1.56 bits per heavy atom. The molecule has 3 fully saturated rings. The molecule has 2 saturated carbocycles. The van der Waals surface area contributed by atoms with E-state index in [1.54, 1.807) is 0 Å². The van der Waals surface area contributed by atoms with Crippen LogP contribution < -0.4 is 10.6 Å². The Labute approximate surface area is 147 Å². The zero-order valence-electron chi connectivity index (χ0n) is 14.6. The molecular formula is C18H28N2O5. The number of carbonyl (C=O) groups excluding carboxylic acids is 2. The van der Waals surface area contributed by atoms with E-state index in [1.807, 2.05) is 0 Å². The fourth-order valence-corrected chi connectivity index (χ4v) is 4.23. The van der Waals surface area contributed by atoms with Crippen LogP contribution in [0.5, 0.6) is 0 Å². The van der Waals surface area contributed by atoms with Crippen LogP contribution in [0, 0.1) is 11.8 Å². The molecule has 0 radical (unpaired) electrons. The molecule has 1 unspecified atom stereocenters. The Morgan fingerprint density at radius 1 is 0.920 bits per heavy atom. The van der Waals surface area contributed by atoms with Crippen molar-refractivity contribution in [1.82, 2.24) is 10.6 Å². The first-order chi connectivity index (χ1) is 12.0. The highest BCUT2D eigenvalue weighted by Gasteiger charge is 2.45. The molecule has 1 aliphatic heterocycles. The molecule has 3 rings (SSSR count). The number of nitrogens with one attached hydrogen (secondary N) is 2. The number of rotatable bonds is 5. The molecule has 7 heteroatoms. The highest BCUT2D eigenvalue weighted by Crippen LogP contribution is 2.29. The van der Waals surface area contributed by atoms with E-state index in [-0.39, 0.29) is 36.3 Å². The van der Waals surface area contributed by atoms with Crippen LogP contribution in [0.4, 0.5) is 0 Å². The van der Waals surface area contributed by atoms with E-state index in [2.05, 4.69) is 10.6 Å². The van der Waals surface area contributed by atoms with E-state index < -0.39 is 11.5 Å². The van der Waals surface area contributed by atoms with Crippen LogP contribution in [0.1, 0.15) is 57.8 Å². The zero-order chi connectivity index (χ0) is 17.9. The molecule has 1 atom stereocenters. The molecule has 0 spiro atoms. The van der Waals surface area contributed by atoms with Crippen molar-refractivity contribution in [2.24, 2.45) is 11.8 Å². The van der Waals surface area contributed by atoms with Gasteiger partial charge in [0.15, 0.2) is 5.54 Å². The summed E-state index contributed by atoms with van der Waals surface area (Å²) in [5.41, 5.74) is -1.27. The van der Waals surface area contributed by atoms with Crippen LogP contribution >= 0.6 is 0 Å². The molecule has 0 aromatic heterocycles. The summed E-state index contributed by atoms with van der Waals surface area (Å²) in [5.74, 6) is -1.09. The number of hydrogen-bond donors (Lipinski definition) is 3. The van der Waals surface area contributed by atoms with Gasteiger partial charge in [-0.3, -0.25) is 9.59 Å². The summed E-state index contributed by atoms with van der Waals surface area (Å²) in [4.78, 5) is 36.2. The highest BCUT2D eigenvalue weighted by atomic mass is 16.5. The topological polar surface area (TPSA) is 105 Å². The third-order valence-corrected chi connectivity index (χ3v) is 5.96. The molecule has 1 heterocycles. The summed E-state index contributed by atoms with van der Waals surface area (Å²) >= 11 is 0. The lowest BCUT2D eigenvalue weighted by atomic mass is 9.84. The van der Waals surface area contributed by atoms with Gasteiger partial charge in [-0.25, -0.2) is 4.79 Å². The molecule has 2 aliphatic carbocycles. The van der Waals surface area contributed by atoms with Crippen LogP contribution in [0.3, 0.4) is 0 Å². The number of carbonyl (C=O) groups is 3. The van der Waals surface area contributed by atoms with Crippen molar-refractivity contribution < 1.29 is 24.2 Å². The SMILES string of the molecule is O=C(NC1CCC(C(=O)NC2(C(=O)O)CCOC2)CC1)C1CCCC1. The van der Waals surface area contributed by atoms with Crippen molar-refractivity contribution in [3.05, 3.63) is 0 Å². The van der Waals surface area contributed by atoms with Gasteiger partial charge in [0.05, 0.1) is 6.61 Å². The monoisotopic (exact) mass is 352 g/mol. The van der Waals surface area contributed by atoms with Crippen LogP contribution in [0.15, 0.2) is 0 Å². The van der Waals surface area contributed by atoms with Gasteiger partial charge >= 0.3 is 5.97 Å². The summed E-state index contributed by atoms with van der Waals surface area (Å²) in [5, 5.41) is 15.3. The van der Waals surface area contributed by atoms with Gasteiger partial charge in [-0.05, 0) is 38.5 Å². The largest absolute Gasteiger partial charge is 0.479 e. The van der Waals surface area contributed by atoms with Gasteiger partial charge in [-0.1, -0.05) is 12.8 Å². The minimum atomic E-state index is -1.27. The second-order valence-electron chi connectivity index (χ2n) is 7.72. The van der Waals surface area contributed by atoms with E-state index in [9.17, 15) is 19.5 Å². The van der Waals surface area contributed by atoms with Crippen LogP contribution in [0.25, 0.3) is 0 Å². The predicted molar refractivity (Wildman–Crippen MR) is 89.8 cm³/mol. The standard InChI is InChI=1S/C18H28N2O5/c21-15(12-3-1-2-4-12)19-14-7-5-13(6-8-14)16(22)20-18(17(23)24)9-10-25-11-18/h12-14H,1-11H2,(H,19,21)(H,20,22)(H,23,24). The normalized spacial score (nSPS) is 33.1. The number of ether oxygens (including phenoxy) is 1. The van der Waals surface area contributed by atoms with Crippen LogP contribution in [-0.4, -0.2) is 47.7 Å². The first-order valence-electron chi connectivity index (χ1n) is 9.44. The number of hydrogen-bond acceptors (Lipinski definition) is 4. The van der Waals surface area contributed by atoms with Crippen LogP contribution in [0.2, 0.25) is 0 Å². The minimum Gasteiger partial charge on any atom is -0.479 e. The lowest BCUT2D eigenvalue weighted by Crippen LogP contribution is -2.57. The molecule has 0 aromatic carbocycles. The van der Waals surface area contributed by atoms with Crippen molar-refractivity contribution in [1.29, 1.82) is 0 Å². The average Bonchev–Trinajstić information content (AvgIpc) is 3.28. The molecule has 2 amide bonds. The smallest absolute Gasteiger partial charge is 0.331 e. The third-order valence-electron chi connectivity index (χ3n) is 5.96. The molecule has 0 bridgehead atoms. The van der Waals surface area contributed by atoms with Gasteiger partial charge in [0.2, 0.25) is 11.8 Å². The van der Waals surface area contributed by atoms with Crippen molar-refractivity contribution in [2.75, 3.05) is 13.2 Å². The zero-order valence-corrected chi connectivity index (χ0v) is 14.6. The van der Waals surface area contributed by atoms with E-state index in [4.69, 9.17) is 4.74 Å². The van der Waals surface area contributed by atoms with Crippen molar-refractivity contribution in [3.63, 3.8) is 0 Å². The summed E-state index contributed by atoms with van der Waals surface area (Å²) in [7, 11) is 0. The Bertz CT molecular complexity index is 516. The van der Waals surface area contributed by atoms with Gasteiger partial charge in [0.25, 0.3) is 0 Å². The number of carboxylic acid groups (broad SMARTS) is 1. The maximum absolute atomic E-state index is 12.5. The molecule has 1 saturated heterocycles. The Balaban J connectivity index is 1.46. The van der Waals surface area contributed by atoms with E-state index >= 15 is 0 Å². The van der Waals surface area contributed by atoms with Gasteiger partial charge in [0, 0.05) is 30.9 Å². The second-order valence-corrected chi connectivity index (χ2v) is 7.72. The molecule has 3 aliphatic rings. The Kier molecular flexibility index (Phi) is 5.61. The lowest BCUT2D eigenvalue weighted by molar-refractivity contribution is -0.148. The van der Waals surface area contributed by atoms with Crippen molar-refractivity contribution in [2.45, 2.75) is 69.4 Å². The fourth-order valence-electron chi connectivity index (χ4n) is 4.23. The first kappa shape index (κ1) is 18.2. The van der Waals surface area contributed by atoms with Crippen molar-refractivity contribution in [3.8, 4) is 0 Å². The van der Waals surface area contributed by atoms with Gasteiger partial charge in [-0.15, -0.1) is 0 Å². The highest BCUT2D eigenvalue weighted by molar-refractivity contribution is 5.88. The van der Waals surface area contributed by atoms with E-state index in [1.165, 1.54) is 0 Å². The summed E-state index contributed by atoms with van der Waals surface area (Å²) < 4.78 is 5.18. The number of aliphatic carboxylic acids is 1. The molecule has 3 N–H and O–H groups in total. The van der Waals surface area contributed by atoms with Gasteiger partial charge < -0.3 is 20.5 Å². The van der Waals surface area contributed by atoms with E-state index in [0.29, 0.717) is 25.9 Å².